The summed E-state index contributed by atoms with van der Waals surface area (Å²) < 4.78 is 54.9. The van der Waals surface area contributed by atoms with Crippen LogP contribution in [0.3, 0.4) is 0 Å². The second-order valence-electron chi connectivity index (χ2n) is 4.21. The van der Waals surface area contributed by atoms with Gasteiger partial charge in [0.1, 0.15) is 0 Å². The highest BCUT2D eigenvalue weighted by molar-refractivity contribution is 5.39. The molecule has 2 aromatic rings. The maximum Gasteiger partial charge on any atom is 0.307 e. The van der Waals surface area contributed by atoms with Gasteiger partial charge in [0.25, 0.3) is 0 Å². The fourth-order valence-electron chi connectivity index (χ4n) is 1.48. The van der Waals surface area contributed by atoms with E-state index < -0.39 is 50.2 Å². The van der Waals surface area contributed by atoms with Gasteiger partial charge in [-0.25, -0.2) is 8.78 Å². The maximum atomic E-state index is 12.8. The van der Waals surface area contributed by atoms with Crippen LogP contribution in [0.2, 0.25) is 0 Å². The molecular weight excluding hydrogens is 356 g/mol. The van der Waals surface area contributed by atoms with E-state index in [9.17, 15) is 37.8 Å². The monoisotopic (exact) mass is 364 g/mol. The Balaban J connectivity index is 0.000000251. The van der Waals surface area contributed by atoms with Gasteiger partial charge in [-0.3, -0.25) is 20.2 Å². The zero-order chi connectivity index (χ0) is 19.3. The molecule has 0 aliphatic heterocycles. The highest BCUT2D eigenvalue weighted by atomic mass is 19.1. The molecule has 0 saturated heterocycles. The van der Waals surface area contributed by atoms with Crippen molar-refractivity contribution in [3.63, 3.8) is 0 Å². The number of aromatic hydroxyl groups is 1. The molecule has 25 heavy (non-hydrogen) atoms. The van der Waals surface area contributed by atoms with E-state index in [4.69, 9.17) is 5.11 Å². The largest absolute Gasteiger partial charge is 0.505 e. The molecule has 1 N–H and O–H groups in total. The van der Waals surface area contributed by atoms with E-state index in [2.05, 4.69) is 4.74 Å². The lowest BCUT2D eigenvalue weighted by Gasteiger charge is -2.01. The Hall–Kier alpha value is -3.44. The van der Waals surface area contributed by atoms with Gasteiger partial charge in [-0.1, -0.05) is 0 Å². The van der Waals surface area contributed by atoms with Crippen LogP contribution in [0, 0.1) is 43.5 Å². The topological polar surface area (TPSA) is 116 Å². The average molecular weight is 364 g/mol. The first-order valence-corrected chi connectivity index (χ1v) is 6.08. The Morgan fingerprint density at radius 2 is 1.28 bits per heavy atom. The van der Waals surface area contributed by atoms with Crippen molar-refractivity contribution in [3.05, 3.63) is 67.8 Å². The fraction of sp³-hybridized carbons (Fsp3) is 0.0769. The number of rotatable bonds is 3. The molecule has 0 amide bonds. The minimum atomic E-state index is -1.26. The third-order valence-electron chi connectivity index (χ3n) is 2.63. The average Bonchev–Trinajstić information content (AvgIpc) is 2.52. The van der Waals surface area contributed by atoms with Gasteiger partial charge in [0.2, 0.25) is 11.6 Å². The molecule has 0 unspecified atom stereocenters. The number of methoxy groups -OCH3 is 1. The molecule has 0 saturated carbocycles. The molecular formula is C13H8F4N2O6. The molecule has 0 bridgehead atoms. The number of halogens is 4. The lowest BCUT2D eigenvalue weighted by atomic mass is 10.3. The zero-order valence-electron chi connectivity index (χ0n) is 12.2. The van der Waals surface area contributed by atoms with Gasteiger partial charge in [0.05, 0.1) is 29.1 Å². The van der Waals surface area contributed by atoms with E-state index in [1.165, 1.54) is 0 Å². The molecule has 134 valence electrons. The van der Waals surface area contributed by atoms with Crippen LogP contribution in [-0.2, 0) is 0 Å². The Morgan fingerprint density at radius 1 is 0.840 bits per heavy atom. The Kier molecular flexibility index (Phi) is 6.19. The summed E-state index contributed by atoms with van der Waals surface area (Å²) >= 11 is 0. The third-order valence-corrected chi connectivity index (χ3v) is 2.63. The molecule has 8 nitrogen and oxygen atoms in total. The number of phenols is 1. The van der Waals surface area contributed by atoms with Crippen LogP contribution in [0.4, 0.5) is 28.9 Å². The number of ether oxygens (including phenoxy) is 1. The van der Waals surface area contributed by atoms with Gasteiger partial charge in [-0.15, -0.1) is 0 Å². The number of hydrogen-bond acceptors (Lipinski definition) is 6. The number of nitro groups is 2. The summed E-state index contributed by atoms with van der Waals surface area (Å²) in [5.41, 5.74) is -1.90. The van der Waals surface area contributed by atoms with Crippen LogP contribution in [0.5, 0.6) is 11.5 Å². The molecule has 12 heteroatoms. The van der Waals surface area contributed by atoms with Crippen molar-refractivity contribution in [2.24, 2.45) is 0 Å². The van der Waals surface area contributed by atoms with E-state index in [-0.39, 0.29) is 5.75 Å². The molecule has 2 aromatic carbocycles. The number of hydrogen-bond donors (Lipinski definition) is 1. The van der Waals surface area contributed by atoms with Gasteiger partial charge >= 0.3 is 11.4 Å². The Bertz CT molecular complexity index is 831. The van der Waals surface area contributed by atoms with Crippen molar-refractivity contribution in [2.45, 2.75) is 0 Å². The molecule has 0 aliphatic rings. The molecule has 0 aromatic heterocycles. The maximum absolute atomic E-state index is 12.8. The van der Waals surface area contributed by atoms with Gasteiger partial charge in [0, 0.05) is 12.1 Å². The summed E-state index contributed by atoms with van der Waals surface area (Å²) in [5, 5.41) is 28.7. The van der Waals surface area contributed by atoms with Crippen LogP contribution >= 0.6 is 0 Å². The lowest BCUT2D eigenvalue weighted by molar-refractivity contribution is -0.387. The Morgan fingerprint density at radius 3 is 1.72 bits per heavy atom. The molecule has 2 rings (SSSR count). The number of nitro benzene ring substituents is 2. The summed E-state index contributed by atoms with van der Waals surface area (Å²) in [6, 6.07) is 1.79. The van der Waals surface area contributed by atoms with Crippen molar-refractivity contribution in [1.29, 1.82) is 0 Å². The fourth-order valence-corrected chi connectivity index (χ4v) is 1.48. The highest BCUT2D eigenvalue weighted by Gasteiger charge is 2.19. The van der Waals surface area contributed by atoms with Crippen molar-refractivity contribution >= 4 is 11.4 Å². The van der Waals surface area contributed by atoms with E-state index >= 15 is 0 Å². The van der Waals surface area contributed by atoms with Crippen molar-refractivity contribution in [3.8, 4) is 11.5 Å². The number of phenolic OH excluding ortho intramolecular Hbond substituents is 1. The summed E-state index contributed by atoms with van der Waals surface area (Å²) in [6.07, 6.45) is 0. The van der Waals surface area contributed by atoms with Crippen LogP contribution in [0.25, 0.3) is 0 Å². The number of nitrogens with zero attached hydrogens (tertiary/aromatic N) is 2. The normalized spacial score (nSPS) is 9.80. The van der Waals surface area contributed by atoms with Gasteiger partial charge in [-0.05, 0) is 0 Å². The SMILES string of the molecule is COc1cc(F)c([N+](=O)[O-])cc1F.O=[N+]([O-])c1cc(F)c(O)cc1F. The second-order valence-corrected chi connectivity index (χ2v) is 4.21. The second kappa shape index (κ2) is 7.90. The standard InChI is InChI=1S/C7H5F2NO3.C6H3F2NO3/c1-13-7-3-4(8)6(10(11)12)2-5(7)9;7-3-2-6(10)4(8)1-5(3)9(11)12/h2-3H,1H3;1-2,10H. The van der Waals surface area contributed by atoms with Crippen molar-refractivity contribution < 1.29 is 37.3 Å². The first-order chi connectivity index (χ1) is 11.6. The van der Waals surface area contributed by atoms with E-state index in [0.717, 1.165) is 7.11 Å². The Labute approximate surface area is 136 Å². The van der Waals surface area contributed by atoms with Gasteiger partial charge in [-0.2, -0.15) is 8.78 Å². The smallest absolute Gasteiger partial charge is 0.307 e. The van der Waals surface area contributed by atoms with E-state index in [1.54, 1.807) is 0 Å². The predicted molar refractivity (Wildman–Crippen MR) is 74.2 cm³/mol. The first kappa shape index (κ1) is 19.6. The summed E-state index contributed by atoms with van der Waals surface area (Å²) in [6.45, 7) is 0. The van der Waals surface area contributed by atoms with E-state index in [0.29, 0.717) is 24.3 Å². The van der Waals surface area contributed by atoms with Crippen LogP contribution in [0.15, 0.2) is 24.3 Å². The molecule has 0 radical (unpaired) electrons. The van der Waals surface area contributed by atoms with Crippen LogP contribution < -0.4 is 4.74 Å². The van der Waals surface area contributed by atoms with Gasteiger partial charge in [0.15, 0.2) is 23.1 Å². The quantitative estimate of drug-likeness (QED) is 0.507. The van der Waals surface area contributed by atoms with Crippen molar-refractivity contribution in [2.75, 3.05) is 7.11 Å². The zero-order valence-corrected chi connectivity index (χ0v) is 12.2. The summed E-state index contributed by atoms with van der Waals surface area (Å²) in [4.78, 5) is 18.1. The lowest BCUT2D eigenvalue weighted by Crippen LogP contribution is -1.96. The van der Waals surface area contributed by atoms with E-state index in [1.807, 2.05) is 0 Å². The highest BCUT2D eigenvalue weighted by Crippen LogP contribution is 2.26. The van der Waals surface area contributed by atoms with Gasteiger partial charge < -0.3 is 9.84 Å². The summed E-state index contributed by atoms with van der Waals surface area (Å²) in [7, 11) is 1.14. The molecule has 0 spiro atoms. The predicted octanol–water partition coefficient (Wildman–Crippen LogP) is 3.46. The minimum Gasteiger partial charge on any atom is -0.505 e. The third kappa shape index (κ3) is 4.76. The molecule has 0 fully saturated rings. The molecule has 0 atom stereocenters. The molecule has 0 heterocycles. The summed E-state index contributed by atoms with van der Waals surface area (Å²) in [5.74, 6) is -5.87. The first-order valence-electron chi connectivity index (χ1n) is 6.08. The number of benzene rings is 2. The van der Waals surface area contributed by atoms with Crippen LogP contribution in [-0.4, -0.2) is 22.1 Å². The minimum absolute atomic E-state index is 0.324. The van der Waals surface area contributed by atoms with Crippen molar-refractivity contribution in [1.82, 2.24) is 0 Å². The molecule has 0 aliphatic carbocycles. The van der Waals surface area contributed by atoms with Crippen LogP contribution in [0.1, 0.15) is 0 Å².